The average molecular weight is 316 g/mol. The lowest BCUT2D eigenvalue weighted by Gasteiger charge is -2.03. The normalized spacial score (nSPS) is 10.6. The molecule has 0 saturated carbocycles. The summed E-state index contributed by atoms with van der Waals surface area (Å²) in [5, 5.41) is 40.6. The molecule has 5 N–H and O–H groups in total. The number of rotatable bonds is 4. The van der Waals surface area contributed by atoms with Crippen LogP contribution in [0.4, 0.5) is 0 Å². The second-order valence-corrected chi connectivity index (χ2v) is 4.48. The maximum atomic E-state index is 11.8. The Morgan fingerprint density at radius 2 is 1.57 bits per heavy atom. The Kier molecular flexibility index (Phi) is 4.46. The highest BCUT2D eigenvalue weighted by atomic mass is 16.4. The monoisotopic (exact) mass is 316 g/mol. The Labute approximate surface area is 129 Å². The van der Waals surface area contributed by atoms with Crippen LogP contribution in [-0.4, -0.2) is 38.5 Å². The molecule has 0 aliphatic rings. The number of nitrogens with one attached hydrogen (secondary N) is 1. The number of carboxylic acids is 1. The van der Waals surface area contributed by atoms with Crippen LogP contribution in [0.15, 0.2) is 41.5 Å². The molecular formula is C15H12N2O6. The van der Waals surface area contributed by atoms with Gasteiger partial charge in [-0.2, -0.15) is 5.10 Å². The summed E-state index contributed by atoms with van der Waals surface area (Å²) in [6, 6.07) is 7.11. The second-order valence-electron chi connectivity index (χ2n) is 4.48. The minimum absolute atomic E-state index is 0.0426. The minimum Gasteiger partial charge on any atom is -0.507 e. The number of phenols is 3. The van der Waals surface area contributed by atoms with Gasteiger partial charge in [0, 0.05) is 11.1 Å². The van der Waals surface area contributed by atoms with Gasteiger partial charge in [0.2, 0.25) is 0 Å². The number of aromatic hydroxyl groups is 3. The van der Waals surface area contributed by atoms with E-state index in [-0.39, 0.29) is 28.2 Å². The van der Waals surface area contributed by atoms with Gasteiger partial charge >= 0.3 is 5.97 Å². The quantitative estimate of drug-likeness (QED) is 0.327. The molecule has 8 nitrogen and oxygen atoms in total. The number of aromatic carboxylic acids is 1. The molecule has 0 saturated heterocycles. The van der Waals surface area contributed by atoms with Gasteiger partial charge in [-0.25, -0.2) is 10.2 Å². The number of phenolic OH excluding ortho intramolecular Hbond substituents is 3. The zero-order valence-electron chi connectivity index (χ0n) is 11.6. The van der Waals surface area contributed by atoms with Crippen molar-refractivity contribution in [2.24, 2.45) is 5.10 Å². The highest BCUT2D eigenvalue weighted by Crippen LogP contribution is 2.24. The fourth-order valence-electron chi connectivity index (χ4n) is 1.68. The lowest BCUT2D eigenvalue weighted by atomic mass is 10.1. The molecule has 0 heterocycles. The highest BCUT2D eigenvalue weighted by molar-refractivity contribution is 5.96. The molecule has 2 aromatic carbocycles. The van der Waals surface area contributed by atoms with Crippen molar-refractivity contribution in [2.75, 3.05) is 0 Å². The van der Waals surface area contributed by atoms with Crippen LogP contribution < -0.4 is 5.43 Å². The van der Waals surface area contributed by atoms with Gasteiger partial charge in [-0.05, 0) is 36.4 Å². The van der Waals surface area contributed by atoms with Gasteiger partial charge in [-0.15, -0.1) is 0 Å². The molecule has 118 valence electrons. The van der Waals surface area contributed by atoms with E-state index in [0.717, 1.165) is 18.3 Å². The molecule has 0 radical (unpaired) electrons. The van der Waals surface area contributed by atoms with Gasteiger partial charge in [0.15, 0.2) is 11.5 Å². The van der Waals surface area contributed by atoms with Gasteiger partial charge in [0.1, 0.15) is 5.75 Å². The summed E-state index contributed by atoms with van der Waals surface area (Å²) in [4.78, 5) is 22.6. The number of hydrazone groups is 1. The molecule has 1 amide bonds. The van der Waals surface area contributed by atoms with Crippen molar-refractivity contribution in [3.05, 3.63) is 53.1 Å². The van der Waals surface area contributed by atoms with Gasteiger partial charge in [0.25, 0.3) is 5.91 Å². The van der Waals surface area contributed by atoms with E-state index in [1.807, 2.05) is 0 Å². The van der Waals surface area contributed by atoms with Gasteiger partial charge in [0.05, 0.1) is 11.8 Å². The maximum Gasteiger partial charge on any atom is 0.335 e. The summed E-state index contributed by atoms with van der Waals surface area (Å²) in [5.74, 6) is -2.84. The summed E-state index contributed by atoms with van der Waals surface area (Å²) in [5.41, 5.74) is 2.27. The second kappa shape index (κ2) is 6.48. The molecule has 2 aromatic rings. The first-order chi connectivity index (χ1) is 10.9. The van der Waals surface area contributed by atoms with Crippen LogP contribution >= 0.6 is 0 Å². The summed E-state index contributed by atoms with van der Waals surface area (Å²) < 4.78 is 0. The van der Waals surface area contributed by atoms with Crippen molar-refractivity contribution in [3.63, 3.8) is 0 Å². The number of carbonyl (C=O) groups is 2. The van der Waals surface area contributed by atoms with E-state index in [1.54, 1.807) is 0 Å². The van der Waals surface area contributed by atoms with Crippen LogP contribution in [0.1, 0.15) is 26.3 Å². The van der Waals surface area contributed by atoms with Crippen molar-refractivity contribution in [3.8, 4) is 17.2 Å². The molecule has 0 atom stereocenters. The van der Waals surface area contributed by atoms with E-state index in [9.17, 15) is 19.8 Å². The number of carbonyl (C=O) groups excluding carboxylic acids is 1. The van der Waals surface area contributed by atoms with Gasteiger partial charge in [-0.3, -0.25) is 4.79 Å². The largest absolute Gasteiger partial charge is 0.507 e. The van der Waals surface area contributed by atoms with Gasteiger partial charge in [-0.1, -0.05) is 0 Å². The lowest BCUT2D eigenvalue weighted by Crippen LogP contribution is -2.17. The standard InChI is InChI=1S/C15H12N2O6/c18-11-3-2-9(15(22)23)5-10(11)7-16-17-14(21)8-1-4-12(19)13(20)6-8/h1-7,18-20H,(H,17,21)(H,22,23)/b16-7+. The molecule has 0 unspecified atom stereocenters. The number of hydrogen-bond acceptors (Lipinski definition) is 6. The molecule has 0 spiro atoms. The molecule has 2 rings (SSSR count). The van der Waals surface area contributed by atoms with E-state index in [2.05, 4.69) is 10.5 Å². The third-order valence-electron chi connectivity index (χ3n) is 2.88. The number of amides is 1. The van der Waals surface area contributed by atoms with Crippen LogP contribution in [-0.2, 0) is 0 Å². The number of carboxylic acid groups (broad SMARTS) is 1. The van der Waals surface area contributed by atoms with Crippen molar-refractivity contribution in [2.45, 2.75) is 0 Å². The average Bonchev–Trinajstić information content (AvgIpc) is 2.51. The number of nitrogens with zero attached hydrogens (tertiary/aromatic N) is 1. The molecule has 0 aromatic heterocycles. The van der Waals surface area contributed by atoms with Gasteiger partial charge < -0.3 is 20.4 Å². The first kappa shape index (κ1) is 15.8. The predicted molar refractivity (Wildman–Crippen MR) is 79.9 cm³/mol. The van der Waals surface area contributed by atoms with E-state index in [4.69, 9.17) is 10.2 Å². The Morgan fingerprint density at radius 1 is 0.913 bits per heavy atom. The van der Waals surface area contributed by atoms with Crippen LogP contribution in [0.3, 0.4) is 0 Å². The maximum absolute atomic E-state index is 11.8. The lowest BCUT2D eigenvalue weighted by molar-refractivity contribution is 0.0696. The van der Waals surface area contributed by atoms with E-state index < -0.39 is 17.6 Å². The van der Waals surface area contributed by atoms with Crippen molar-refractivity contribution >= 4 is 18.1 Å². The third kappa shape index (κ3) is 3.76. The molecule has 8 heteroatoms. The summed E-state index contributed by atoms with van der Waals surface area (Å²) >= 11 is 0. The fraction of sp³-hybridized carbons (Fsp3) is 0. The Hall–Kier alpha value is -3.55. The van der Waals surface area contributed by atoms with Crippen LogP contribution in [0, 0.1) is 0 Å². The third-order valence-corrected chi connectivity index (χ3v) is 2.88. The van der Waals surface area contributed by atoms with Crippen molar-refractivity contribution in [1.82, 2.24) is 5.43 Å². The van der Waals surface area contributed by atoms with E-state index in [1.165, 1.54) is 24.3 Å². The zero-order chi connectivity index (χ0) is 17.0. The van der Waals surface area contributed by atoms with E-state index in [0.29, 0.717) is 0 Å². The summed E-state index contributed by atoms with van der Waals surface area (Å²) in [6.45, 7) is 0. The van der Waals surface area contributed by atoms with Crippen molar-refractivity contribution in [1.29, 1.82) is 0 Å². The Morgan fingerprint density at radius 3 is 2.22 bits per heavy atom. The van der Waals surface area contributed by atoms with Crippen LogP contribution in [0.25, 0.3) is 0 Å². The minimum atomic E-state index is -1.16. The zero-order valence-corrected chi connectivity index (χ0v) is 11.6. The summed E-state index contributed by atoms with van der Waals surface area (Å²) in [6.07, 6.45) is 1.08. The molecule has 0 bridgehead atoms. The highest BCUT2D eigenvalue weighted by Gasteiger charge is 2.09. The predicted octanol–water partition coefficient (Wildman–Crippen LogP) is 1.27. The fourth-order valence-corrected chi connectivity index (χ4v) is 1.68. The molecule has 0 aliphatic heterocycles. The molecule has 23 heavy (non-hydrogen) atoms. The summed E-state index contributed by atoms with van der Waals surface area (Å²) in [7, 11) is 0. The Bertz CT molecular complexity index is 801. The Balaban J connectivity index is 2.12. The number of benzene rings is 2. The molecule has 0 fully saturated rings. The smallest absolute Gasteiger partial charge is 0.335 e. The molecular weight excluding hydrogens is 304 g/mol. The van der Waals surface area contributed by atoms with E-state index >= 15 is 0 Å². The van der Waals surface area contributed by atoms with Crippen LogP contribution in [0.2, 0.25) is 0 Å². The SMILES string of the molecule is O=C(O)c1ccc(O)c(/C=N/NC(=O)c2ccc(O)c(O)c2)c1. The topological polar surface area (TPSA) is 139 Å². The van der Waals surface area contributed by atoms with Crippen LogP contribution in [0.5, 0.6) is 17.2 Å². The molecule has 0 aliphatic carbocycles. The first-order valence-electron chi connectivity index (χ1n) is 6.30. The number of hydrogen-bond donors (Lipinski definition) is 5. The van der Waals surface area contributed by atoms with Crippen molar-refractivity contribution < 1.29 is 30.0 Å². The first-order valence-corrected chi connectivity index (χ1v) is 6.30.